The van der Waals surface area contributed by atoms with Crippen LogP contribution in [0.2, 0.25) is 0 Å². The molecule has 1 saturated heterocycles. The zero-order valence-corrected chi connectivity index (χ0v) is 10.1. The van der Waals surface area contributed by atoms with Crippen LogP contribution in [0.3, 0.4) is 0 Å². The highest BCUT2D eigenvalue weighted by atomic mass is 16.5. The Labute approximate surface area is 93.5 Å². The first-order chi connectivity index (χ1) is 7.38. The summed E-state index contributed by atoms with van der Waals surface area (Å²) in [5, 5.41) is 3.54. The summed E-state index contributed by atoms with van der Waals surface area (Å²) in [6.45, 7) is 7.96. The average Bonchev–Trinajstić information content (AvgIpc) is 2.28. The minimum atomic E-state index is 0.261. The lowest BCUT2D eigenvalue weighted by molar-refractivity contribution is -0.0692. The fourth-order valence-corrected chi connectivity index (χ4v) is 1.82. The van der Waals surface area contributed by atoms with Crippen molar-refractivity contribution in [3.8, 4) is 0 Å². The molecule has 0 saturated carbocycles. The number of nitrogens with one attached hydrogen (secondary N) is 1. The molecule has 3 heteroatoms. The summed E-state index contributed by atoms with van der Waals surface area (Å²) >= 11 is 0. The van der Waals surface area contributed by atoms with E-state index in [2.05, 4.69) is 19.2 Å². The van der Waals surface area contributed by atoms with Crippen molar-refractivity contribution in [2.45, 2.75) is 51.7 Å². The zero-order valence-electron chi connectivity index (χ0n) is 10.1. The Morgan fingerprint density at radius 3 is 2.93 bits per heavy atom. The third-order valence-electron chi connectivity index (χ3n) is 2.79. The molecule has 1 N–H and O–H groups in total. The largest absolute Gasteiger partial charge is 0.379 e. The molecule has 3 nitrogen and oxygen atoms in total. The second-order valence-corrected chi connectivity index (χ2v) is 4.19. The first-order valence-corrected chi connectivity index (χ1v) is 6.31. The summed E-state index contributed by atoms with van der Waals surface area (Å²) in [5.41, 5.74) is 0. The van der Waals surface area contributed by atoms with Gasteiger partial charge in [0.05, 0.1) is 12.7 Å². The molecule has 2 atom stereocenters. The van der Waals surface area contributed by atoms with E-state index in [1.165, 1.54) is 12.8 Å². The van der Waals surface area contributed by atoms with Crippen molar-refractivity contribution >= 4 is 0 Å². The maximum atomic E-state index is 5.85. The maximum Gasteiger partial charge on any atom is 0.0961 e. The highest BCUT2D eigenvalue weighted by Gasteiger charge is 2.25. The van der Waals surface area contributed by atoms with Crippen LogP contribution in [0.15, 0.2) is 0 Å². The Morgan fingerprint density at radius 2 is 2.20 bits per heavy atom. The van der Waals surface area contributed by atoms with E-state index in [0.717, 1.165) is 39.2 Å². The van der Waals surface area contributed by atoms with Gasteiger partial charge in [-0.05, 0) is 25.8 Å². The van der Waals surface area contributed by atoms with Gasteiger partial charge in [0.25, 0.3) is 0 Å². The lowest BCUT2D eigenvalue weighted by atomic mass is 10.1. The van der Waals surface area contributed by atoms with Crippen molar-refractivity contribution in [1.29, 1.82) is 0 Å². The van der Waals surface area contributed by atoms with Gasteiger partial charge in [-0.2, -0.15) is 0 Å². The van der Waals surface area contributed by atoms with E-state index >= 15 is 0 Å². The van der Waals surface area contributed by atoms with Gasteiger partial charge in [0.2, 0.25) is 0 Å². The first kappa shape index (κ1) is 12.9. The van der Waals surface area contributed by atoms with E-state index in [1.54, 1.807) is 0 Å². The maximum absolute atomic E-state index is 5.85. The van der Waals surface area contributed by atoms with Gasteiger partial charge >= 0.3 is 0 Å². The lowest BCUT2D eigenvalue weighted by Crippen LogP contribution is -2.48. The van der Waals surface area contributed by atoms with Crippen LogP contribution in [0.5, 0.6) is 0 Å². The van der Waals surface area contributed by atoms with Gasteiger partial charge < -0.3 is 14.8 Å². The molecule has 90 valence electrons. The van der Waals surface area contributed by atoms with Crippen molar-refractivity contribution in [3.05, 3.63) is 0 Å². The van der Waals surface area contributed by atoms with E-state index in [-0.39, 0.29) is 6.10 Å². The molecule has 0 aromatic heterocycles. The Hall–Kier alpha value is -0.120. The van der Waals surface area contributed by atoms with Crippen LogP contribution >= 0.6 is 0 Å². The van der Waals surface area contributed by atoms with E-state index in [4.69, 9.17) is 9.47 Å². The molecule has 1 heterocycles. The summed E-state index contributed by atoms with van der Waals surface area (Å²) < 4.78 is 11.3. The number of rotatable bonds is 7. The Kier molecular flexibility index (Phi) is 6.98. The van der Waals surface area contributed by atoms with Crippen molar-refractivity contribution in [2.24, 2.45) is 0 Å². The molecular weight excluding hydrogens is 190 g/mol. The molecule has 2 unspecified atom stereocenters. The fraction of sp³-hybridized carbons (Fsp3) is 1.00. The van der Waals surface area contributed by atoms with Gasteiger partial charge in [0.15, 0.2) is 0 Å². The number of unbranched alkanes of at least 4 members (excludes halogenated alkanes) is 1. The molecule has 15 heavy (non-hydrogen) atoms. The van der Waals surface area contributed by atoms with E-state index in [1.807, 2.05) is 0 Å². The third-order valence-corrected chi connectivity index (χ3v) is 2.79. The van der Waals surface area contributed by atoms with E-state index in [9.17, 15) is 0 Å². The SMILES string of the molecule is CCCCOC1COCCC1NCCC. The summed E-state index contributed by atoms with van der Waals surface area (Å²) in [4.78, 5) is 0. The quantitative estimate of drug-likeness (QED) is 0.659. The first-order valence-electron chi connectivity index (χ1n) is 6.31. The minimum absolute atomic E-state index is 0.261. The predicted octanol–water partition coefficient (Wildman–Crippen LogP) is 1.96. The summed E-state index contributed by atoms with van der Waals surface area (Å²) in [6, 6.07) is 0.496. The fourth-order valence-electron chi connectivity index (χ4n) is 1.82. The summed E-state index contributed by atoms with van der Waals surface area (Å²) in [5.74, 6) is 0. The second kappa shape index (κ2) is 8.08. The standard InChI is InChI=1S/C12H25NO2/c1-3-5-8-15-12-10-14-9-6-11(12)13-7-4-2/h11-13H,3-10H2,1-2H3. The molecule has 1 fully saturated rings. The topological polar surface area (TPSA) is 30.5 Å². The van der Waals surface area contributed by atoms with E-state index < -0.39 is 0 Å². The van der Waals surface area contributed by atoms with Crippen LogP contribution in [-0.2, 0) is 9.47 Å². The molecule has 1 rings (SSSR count). The molecule has 0 amide bonds. The molecule has 0 bridgehead atoms. The predicted molar refractivity (Wildman–Crippen MR) is 62.2 cm³/mol. The van der Waals surface area contributed by atoms with Crippen LogP contribution in [0.4, 0.5) is 0 Å². The van der Waals surface area contributed by atoms with Crippen LogP contribution in [0.1, 0.15) is 39.5 Å². The average molecular weight is 215 g/mol. The van der Waals surface area contributed by atoms with Crippen molar-refractivity contribution in [1.82, 2.24) is 5.32 Å². The molecular formula is C12H25NO2. The van der Waals surface area contributed by atoms with Crippen LogP contribution < -0.4 is 5.32 Å². The summed E-state index contributed by atoms with van der Waals surface area (Å²) in [7, 11) is 0. The molecule has 0 aromatic rings. The van der Waals surface area contributed by atoms with Gasteiger partial charge in [0, 0.05) is 19.3 Å². The zero-order chi connectivity index (χ0) is 10.9. The smallest absolute Gasteiger partial charge is 0.0961 e. The Morgan fingerprint density at radius 1 is 1.33 bits per heavy atom. The van der Waals surface area contributed by atoms with Gasteiger partial charge in [0.1, 0.15) is 0 Å². The van der Waals surface area contributed by atoms with Gasteiger partial charge in [-0.3, -0.25) is 0 Å². The molecule has 0 spiro atoms. The normalized spacial score (nSPS) is 26.8. The van der Waals surface area contributed by atoms with Gasteiger partial charge in [-0.15, -0.1) is 0 Å². The van der Waals surface area contributed by atoms with Crippen LogP contribution in [0, 0.1) is 0 Å². The monoisotopic (exact) mass is 215 g/mol. The number of hydrogen-bond acceptors (Lipinski definition) is 3. The Balaban J connectivity index is 2.22. The highest BCUT2D eigenvalue weighted by molar-refractivity contribution is 4.80. The molecule has 0 aliphatic carbocycles. The van der Waals surface area contributed by atoms with E-state index in [0.29, 0.717) is 6.04 Å². The number of hydrogen-bond donors (Lipinski definition) is 1. The summed E-state index contributed by atoms with van der Waals surface area (Å²) in [6.07, 6.45) is 4.87. The van der Waals surface area contributed by atoms with Gasteiger partial charge in [-0.1, -0.05) is 20.3 Å². The number of ether oxygens (including phenoxy) is 2. The van der Waals surface area contributed by atoms with Crippen molar-refractivity contribution < 1.29 is 9.47 Å². The van der Waals surface area contributed by atoms with Crippen LogP contribution in [-0.4, -0.2) is 38.5 Å². The molecule has 0 radical (unpaired) electrons. The molecule has 1 aliphatic rings. The third kappa shape index (κ3) is 4.96. The molecule has 1 aliphatic heterocycles. The lowest BCUT2D eigenvalue weighted by Gasteiger charge is -2.32. The minimum Gasteiger partial charge on any atom is -0.379 e. The molecule has 0 aromatic carbocycles. The van der Waals surface area contributed by atoms with Crippen LogP contribution in [0.25, 0.3) is 0 Å². The van der Waals surface area contributed by atoms with Gasteiger partial charge in [-0.25, -0.2) is 0 Å². The highest BCUT2D eigenvalue weighted by Crippen LogP contribution is 2.12. The Bertz CT molecular complexity index is 153. The van der Waals surface area contributed by atoms with Crippen molar-refractivity contribution in [3.63, 3.8) is 0 Å². The van der Waals surface area contributed by atoms with Crippen molar-refractivity contribution in [2.75, 3.05) is 26.4 Å². The second-order valence-electron chi connectivity index (χ2n) is 4.19.